The molecule has 2 nitrogen and oxygen atoms in total. The van der Waals surface area contributed by atoms with Crippen LogP contribution in [-0.2, 0) is 9.47 Å². The second-order valence-electron chi connectivity index (χ2n) is 3.65. The van der Waals surface area contributed by atoms with Gasteiger partial charge in [-0.05, 0) is 33.6 Å². The highest BCUT2D eigenvalue weighted by atomic mass is 16.7. The minimum absolute atomic E-state index is 0.373. The van der Waals surface area contributed by atoms with Gasteiger partial charge >= 0.3 is 0 Å². The predicted octanol–water partition coefficient (Wildman–Crippen LogP) is 3.30. The maximum absolute atomic E-state index is 5.17. The molecule has 0 bridgehead atoms. The Labute approximate surface area is 87.6 Å². The Morgan fingerprint density at radius 3 is 2.43 bits per heavy atom. The second-order valence-corrected chi connectivity index (χ2v) is 3.65. The molecule has 0 amide bonds. The van der Waals surface area contributed by atoms with Crippen LogP contribution in [0.25, 0.3) is 0 Å². The average molecular weight is 198 g/mol. The summed E-state index contributed by atoms with van der Waals surface area (Å²) < 4.78 is 9.94. The van der Waals surface area contributed by atoms with E-state index in [0.29, 0.717) is 13.4 Å². The van der Waals surface area contributed by atoms with E-state index in [2.05, 4.69) is 32.9 Å². The van der Waals surface area contributed by atoms with Crippen LogP contribution < -0.4 is 0 Å². The molecule has 0 radical (unpaired) electrons. The molecular weight excluding hydrogens is 176 g/mol. The van der Waals surface area contributed by atoms with Crippen LogP contribution in [0.3, 0.4) is 0 Å². The first-order chi connectivity index (χ1) is 6.66. The summed E-state index contributed by atoms with van der Waals surface area (Å²) in [6, 6.07) is 0. The molecule has 14 heavy (non-hydrogen) atoms. The van der Waals surface area contributed by atoms with Crippen LogP contribution in [0.15, 0.2) is 23.3 Å². The molecule has 0 aromatic rings. The summed E-state index contributed by atoms with van der Waals surface area (Å²) in [6.45, 7) is 7.41. The minimum Gasteiger partial charge on any atom is -0.359 e. The van der Waals surface area contributed by atoms with Gasteiger partial charge in [0, 0.05) is 7.11 Å². The van der Waals surface area contributed by atoms with Gasteiger partial charge in [-0.1, -0.05) is 23.3 Å². The van der Waals surface area contributed by atoms with Gasteiger partial charge in [-0.25, -0.2) is 0 Å². The van der Waals surface area contributed by atoms with Crippen LogP contribution in [0.4, 0.5) is 0 Å². The van der Waals surface area contributed by atoms with Crippen molar-refractivity contribution in [2.24, 2.45) is 0 Å². The van der Waals surface area contributed by atoms with Gasteiger partial charge in [0.05, 0.1) is 6.61 Å². The highest BCUT2D eigenvalue weighted by Gasteiger charge is 1.89. The molecule has 0 spiro atoms. The summed E-state index contributed by atoms with van der Waals surface area (Å²) in [4.78, 5) is 0. The van der Waals surface area contributed by atoms with Crippen LogP contribution in [0.1, 0.15) is 33.6 Å². The van der Waals surface area contributed by atoms with E-state index in [-0.39, 0.29) is 0 Å². The fourth-order valence-electron chi connectivity index (χ4n) is 1.02. The van der Waals surface area contributed by atoms with Crippen molar-refractivity contribution in [1.82, 2.24) is 0 Å². The summed E-state index contributed by atoms with van der Waals surface area (Å²) in [6.07, 6.45) is 6.60. The van der Waals surface area contributed by atoms with Gasteiger partial charge in [0.25, 0.3) is 0 Å². The number of hydrogen-bond acceptors (Lipinski definition) is 2. The SMILES string of the molecule is COCOCC=C(C)CCC=C(C)C. The number of ether oxygens (including phenoxy) is 2. The lowest BCUT2D eigenvalue weighted by Crippen LogP contribution is -1.96. The van der Waals surface area contributed by atoms with Crippen molar-refractivity contribution in [3.8, 4) is 0 Å². The van der Waals surface area contributed by atoms with E-state index in [9.17, 15) is 0 Å². The molecule has 0 aromatic carbocycles. The lowest BCUT2D eigenvalue weighted by atomic mass is 10.1. The molecule has 0 aliphatic heterocycles. The van der Waals surface area contributed by atoms with E-state index < -0.39 is 0 Å². The highest BCUT2D eigenvalue weighted by Crippen LogP contribution is 2.06. The Balaban J connectivity index is 3.52. The zero-order chi connectivity index (χ0) is 10.8. The molecule has 0 unspecified atom stereocenters. The summed E-state index contributed by atoms with van der Waals surface area (Å²) in [5.74, 6) is 0. The minimum atomic E-state index is 0.373. The topological polar surface area (TPSA) is 18.5 Å². The zero-order valence-corrected chi connectivity index (χ0v) is 9.80. The quantitative estimate of drug-likeness (QED) is 0.355. The van der Waals surface area contributed by atoms with Gasteiger partial charge in [0.2, 0.25) is 0 Å². The van der Waals surface area contributed by atoms with Gasteiger partial charge in [-0.2, -0.15) is 0 Å². The number of hydrogen-bond donors (Lipinski definition) is 0. The molecule has 0 fully saturated rings. The van der Waals surface area contributed by atoms with Crippen molar-refractivity contribution in [1.29, 1.82) is 0 Å². The third-order valence-corrected chi connectivity index (χ3v) is 1.84. The van der Waals surface area contributed by atoms with Gasteiger partial charge < -0.3 is 9.47 Å². The Morgan fingerprint density at radius 2 is 1.86 bits per heavy atom. The Morgan fingerprint density at radius 1 is 1.14 bits per heavy atom. The van der Waals surface area contributed by atoms with E-state index in [1.54, 1.807) is 7.11 Å². The number of allylic oxidation sites excluding steroid dienone is 3. The fourth-order valence-corrected chi connectivity index (χ4v) is 1.02. The maximum Gasteiger partial charge on any atom is 0.146 e. The third kappa shape index (κ3) is 9.49. The van der Waals surface area contributed by atoms with Crippen LogP contribution in [-0.4, -0.2) is 20.5 Å². The molecule has 0 N–H and O–H groups in total. The summed E-state index contributed by atoms with van der Waals surface area (Å²) in [5, 5.41) is 0. The largest absolute Gasteiger partial charge is 0.359 e. The molecule has 2 heteroatoms. The molecule has 82 valence electrons. The first-order valence-corrected chi connectivity index (χ1v) is 5.02. The van der Waals surface area contributed by atoms with Crippen molar-refractivity contribution in [2.45, 2.75) is 33.6 Å². The van der Waals surface area contributed by atoms with Crippen LogP contribution >= 0.6 is 0 Å². The van der Waals surface area contributed by atoms with E-state index >= 15 is 0 Å². The molecule has 0 aromatic heterocycles. The van der Waals surface area contributed by atoms with Crippen molar-refractivity contribution >= 4 is 0 Å². The van der Waals surface area contributed by atoms with Crippen molar-refractivity contribution in [3.05, 3.63) is 23.3 Å². The predicted molar refractivity (Wildman–Crippen MR) is 60.3 cm³/mol. The van der Waals surface area contributed by atoms with Crippen LogP contribution in [0.5, 0.6) is 0 Å². The second kappa shape index (κ2) is 8.97. The Kier molecular flexibility index (Phi) is 8.59. The van der Waals surface area contributed by atoms with E-state index in [1.165, 1.54) is 11.1 Å². The standard InChI is InChI=1S/C12H22O2/c1-11(2)6-5-7-12(3)8-9-14-10-13-4/h6,8H,5,7,9-10H2,1-4H3. The smallest absolute Gasteiger partial charge is 0.146 e. The summed E-state index contributed by atoms with van der Waals surface area (Å²) in [7, 11) is 1.63. The van der Waals surface area contributed by atoms with E-state index in [1.807, 2.05) is 0 Å². The normalized spacial score (nSPS) is 11.6. The first-order valence-electron chi connectivity index (χ1n) is 5.02. The molecule has 0 atom stereocenters. The van der Waals surface area contributed by atoms with Crippen molar-refractivity contribution < 1.29 is 9.47 Å². The van der Waals surface area contributed by atoms with Gasteiger partial charge in [0.15, 0.2) is 0 Å². The molecular formula is C12H22O2. The van der Waals surface area contributed by atoms with Gasteiger partial charge in [-0.15, -0.1) is 0 Å². The van der Waals surface area contributed by atoms with Gasteiger partial charge in [-0.3, -0.25) is 0 Å². The number of methoxy groups -OCH3 is 1. The first kappa shape index (κ1) is 13.4. The lowest BCUT2D eigenvalue weighted by Gasteiger charge is -2.00. The highest BCUT2D eigenvalue weighted by molar-refractivity contribution is 5.02. The van der Waals surface area contributed by atoms with E-state index in [0.717, 1.165) is 12.8 Å². The molecule has 0 aliphatic carbocycles. The maximum atomic E-state index is 5.17. The summed E-state index contributed by atoms with van der Waals surface area (Å²) in [5.41, 5.74) is 2.76. The lowest BCUT2D eigenvalue weighted by molar-refractivity contribution is -0.0188. The fraction of sp³-hybridized carbons (Fsp3) is 0.667. The zero-order valence-electron chi connectivity index (χ0n) is 9.80. The number of rotatable bonds is 7. The average Bonchev–Trinajstić information content (AvgIpc) is 2.12. The molecule has 0 saturated carbocycles. The monoisotopic (exact) mass is 198 g/mol. The van der Waals surface area contributed by atoms with Crippen LogP contribution in [0.2, 0.25) is 0 Å². The molecule has 0 aliphatic rings. The van der Waals surface area contributed by atoms with Crippen molar-refractivity contribution in [3.63, 3.8) is 0 Å². The van der Waals surface area contributed by atoms with Crippen LogP contribution in [0, 0.1) is 0 Å². The third-order valence-electron chi connectivity index (χ3n) is 1.84. The molecule has 0 saturated heterocycles. The Bertz CT molecular complexity index is 188. The molecule has 0 heterocycles. The van der Waals surface area contributed by atoms with Crippen molar-refractivity contribution in [2.75, 3.05) is 20.5 Å². The van der Waals surface area contributed by atoms with E-state index in [4.69, 9.17) is 9.47 Å². The van der Waals surface area contributed by atoms with Gasteiger partial charge in [0.1, 0.15) is 6.79 Å². The Hall–Kier alpha value is -0.600. The summed E-state index contributed by atoms with van der Waals surface area (Å²) >= 11 is 0. The molecule has 0 rings (SSSR count).